The molecule has 1 N–H and O–H groups in total. The zero-order valence-electron chi connectivity index (χ0n) is 12.2. The molecule has 0 saturated carbocycles. The van der Waals surface area contributed by atoms with Crippen LogP contribution in [0.4, 0.5) is 0 Å². The summed E-state index contributed by atoms with van der Waals surface area (Å²) in [6.07, 6.45) is 1.72. The molecule has 19 heavy (non-hydrogen) atoms. The first-order valence-corrected chi connectivity index (χ1v) is 6.76. The largest absolute Gasteiger partial charge is 0.444 e. The Labute approximate surface area is 115 Å². The van der Waals surface area contributed by atoms with E-state index in [1.54, 1.807) is 6.26 Å². The normalized spacial score (nSPS) is 11.8. The number of rotatable bonds is 4. The lowest BCUT2D eigenvalue weighted by atomic mass is 9.87. The first kappa shape index (κ1) is 13.8. The second-order valence-corrected chi connectivity index (χ2v) is 5.75. The Morgan fingerprint density at radius 1 is 1.16 bits per heavy atom. The quantitative estimate of drug-likeness (QED) is 0.907. The molecule has 0 spiro atoms. The number of hydrogen-bond acceptors (Lipinski definition) is 3. The molecule has 1 heterocycles. The summed E-state index contributed by atoms with van der Waals surface area (Å²) in [6, 6.07) is 8.43. The fraction of sp³-hybridized carbons (Fsp3) is 0.438. The van der Waals surface area contributed by atoms with Crippen LogP contribution >= 0.6 is 0 Å². The van der Waals surface area contributed by atoms with E-state index in [2.05, 4.69) is 62.3 Å². The summed E-state index contributed by atoms with van der Waals surface area (Å²) in [4.78, 5) is 4.48. The number of aromatic nitrogens is 1. The Morgan fingerprint density at radius 3 is 2.42 bits per heavy atom. The lowest BCUT2D eigenvalue weighted by molar-refractivity contribution is 0.569. The Kier molecular flexibility index (Phi) is 4.05. The highest BCUT2D eigenvalue weighted by atomic mass is 16.3. The summed E-state index contributed by atoms with van der Waals surface area (Å²) in [5.41, 5.74) is 3.45. The Morgan fingerprint density at radius 2 is 1.84 bits per heavy atom. The molecule has 0 fully saturated rings. The average molecular weight is 258 g/mol. The maximum absolute atomic E-state index is 5.52. The van der Waals surface area contributed by atoms with Gasteiger partial charge in [-0.2, -0.15) is 0 Å². The van der Waals surface area contributed by atoms with Crippen molar-refractivity contribution >= 4 is 0 Å². The van der Waals surface area contributed by atoms with E-state index in [1.165, 1.54) is 5.56 Å². The van der Waals surface area contributed by atoms with E-state index < -0.39 is 0 Å². The maximum Gasteiger partial charge on any atom is 0.226 e. The summed E-state index contributed by atoms with van der Waals surface area (Å²) >= 11 is 0. The minimum absolute atomic E-state index is 0.172. The van der Waals surface area contributed by atoms with Crippen molar-refractivity contribution in [1.82, 2.24) is 10.3 Å². The van der Waals surface area contributed by atoms with Gasteiger partial charge in [-0.1, -0.05) is 39.8 Å². The monoisotopic (exact) mass is 258 g/mol. The van der Waals surface area contributed by atoms with E-state index >= 15 is 0 Å². The van der Waals surface area contributed by atoms with Crippen LogP contribution in [0.5, 0.6) is 0 Å². The fourth-order valence-corrected chi connectivity index (χ4v) is 1.89. The molecule has 2 rings (SSSR count). The predicted molar refractivity (Wildman–Crippen MR) is 78.0 cm³/mol. The predicted octanol–water partition coefficient (Wildman–Crippen LogP) is 3.75. The molecular weight excluding hydrogens is 236 g/mol. The van der Waals surface area contributed by atoms with Gasteiger partial charge in [0.25, 0.3) is 0 Å². The Balaban J connectivity index is 2.16. The Hall–Kier alpha value is -1.61. The van der Waals surface area contributed by atoms with E-state index in [9.17, 15) is 0 Å². The smallest absolute Gasteiger partial charge is 0.226 e. The van der Waals surface area contributed by atoms with Crippen molar-refractivity contribution in [3.05, 3.63) is 41.8 Å². The van der Waals surface area contributed by atoms with Gasteiger partial charge in [-0.15, -0.1) is 0 Å². The number of nitrogens with zero attached hydrogens (tertiary/aromatic N) is 1. The fourth-order valence-electron chi connectivity index (χ4n) is 1.89. The molecule has 2 aromatic rings. The summed E-state index contributed by atoms with van der Waals surface area (Å²) in [5, 5.41) is 3.24. The van der Waals surface area contributed by atoms with Crippen molar-refractivity contribution in [3.63, 3.8) is 0 Å². The molecule has 0 aliphatic heterocycles. The van der Waals surface area contributed by atoms with Crippen molar-refractivity contribution in [2.75, 3.05) is 6.54 Å². The molecular formula is C16H22N2O. The van der Waals surface area contributed by atoms with Crippen LogP contribution in [0.25, 0.3) is 11.5 Å². The highest BCUT2D eigenvalue weighted by molar-refractivity contribution is 5.54. The van der Waals surface area contributed by atoms with Crippen LogP contribution in [0.1, 0.15) is 39.0 Å². The lowest BCUT2D eigenvalue weighted by Gasteiger charge is -2.18. The van der Waals surface area contributed by atoms with Crippen LogP contribution < -0.4 is 5.32 Å². The maximum atomic E-state index is 5.52. The highest BCUT2D eigenvalue weighted by Crippen LogP contribution is 2.25. The molecule has 0 amide bonds. The third-order valence-corrected chi connectivity index (χ3v) is 3.11. The van der Waals surface area contributed by atoms with Crippen LogP contribution in [0.15, 0.2) is 34.9 Å². The molecule has 0 unspecified atom stereocenters. The molecule has 0 bridgehead atoms. The Bertz CT molecular complexity index is 520. The van der Waals surface area contributed by atoms with Gasteiger partial charge < -0.3 is 9.73 Å². The highest BCUT2D eigenvalue weighted by Gasteiger charge is 2.14. The molecule has 1 aromatic heterocycles. The SMILES string of the molecule is CCNCc1coc(-c2ccc(C(C)(C)C)cc2)n1. The zero-order chi connectivity index (χ0) is 13.9. The molecule has 0 saturated heterocycles. The van der Waals surface area contributed by atoms with Gasteiger partial charge in [-0.05, 0) is 29.7 Å². The molecule has 3 nitrogen and oxygen atoms in total. The van der Waals surface area contributed by atoms with Crippen molar-refractivity contribution in [2.45, 2.75) is 39.7 Å². The van der Waals surface area contributed by atoms with E-state index in [0.29, 0.717) is 5.89 Å². The minimum atomic E-state index is 0.172. The number of nitrogens with one attached hydrogen (secondary N) is 1. The van der Waals surface area contributed by atoms with Gasteiger partial charge in [0.1, 0.15) is 6.26 Å². The van der Waals surface area contributed by atoms with Crippen LogP contribution in [0.2, 0.25) is 0 Å². The summed E-state index contributed by atoms with van der Waals surface area (Å²) in [6.45, 7) is 10.4. The van der Waals surface area contributed by atoms with Crippen LogP contribution in [-0.2, 0) is 12.0 Å². The van der Waals surface area contributed by atoms with Crippen molar-refractivity contribution in [1.29, 1.82) is 0 Å². The van der Waals surface area contributed by atoms with Crippen molar-refractivity contribution in [3.8, 4) is 11.5 Å². The van der Waals surface area contributed by atoms with Gasteiger partial charge in [0.15, 0.2) is 0 Å². The van der Waals surface area contributed by atoms with Crippen LogP contribution in [-0.4, -0.2) is 11.5 Å². The number of hydrogen-bond donors (Lipinski definition) is 1. The summed E-state index contributed by atoms with van der Waals surface area (Å²) in [5.74, 6) is 0.688. The van der Waals surface area contributed by atoms with Crippen molar-refractivity contribution < 1.29 is 4.42 Å². The second-order valence-electron chi connectivity index (χ2n) is 5.75. The van der Waals surface area contributed by atoms with Gasteiger partial charge in [0.05, 0.1) is 5.69 Å². The third kappa shape index (κ3) is 3.44. The summed E-state index contributed by atoms with van der Waals surface area (Å²) in [7, 11) is 0. The third-order valence-electron chi connectivity index (χ3n) is 3.11. The molecule has 3 heteroatoms. The van der Waals surface area contributed by atoms with Crippen LogP contribution in [0.3, 0.4) is 0 Å². The standard InChI is InChI=1S/C16H22N2O/c1-5-17-10-14-11-19-15(18-14)12-6-8-13(9-7-12)16(2,3)4/h6-9,11,17H,5,10H2,1-4H3. The molecule has 0 radical (unpaired) electrons. The molecule has 0 aliphatic rings. The number of oxazole rings is 1. The van der Waals surface area contributed by atoms with Crippen LogP contribution in [0, 0.1) is 0 Å². The van der Waals surface area contributed by atoms with E-state index in [1.807, 2.05) is 0 Å². The minimum Gasteiger partial charge on any atom is -0.444 e. The van der Waals surface area contributed by atoms with E-state index in [4.69, 9.17) is 4.42 Å². The van der Waals surface area contributed by atoms with E-state index in [-0.39, 0.29) is 5.41 Å². The van der Waals surface area contributed by atoms with Gasteiger partial charge >= 0.3 is 0 Å². The average Bonchev–Trinajstić information content (AvgIpc) is 2.84. The van der Waals surface area contributed by atoms with Gasteiger partial charge in [0, 0.05) is 12.1 Å². The first-order valence-electron chi connectivity index (χ1n) is 6.76. The lowest BCUT2D eigenvalue weighted by Crippen LogP contribution is -2.11. The van der Waals surface area contributed by atoms with Gasteiger partial charge in [0.2, 0.25) is 5.89 Å². The molecule has 102 valence electrons. The van der Waals surface area contributed by atoms with Crippen molar-refractivity contribution in [2.24, 2.45) is 0 Å². The second kappa shape index (κ2) is 5.57. The van der Waals surface area contributed by atoms with E-state index in [0.717, 1.165) is 24.3 Å². The first-order chi connectivity index (χ1) is 9.00. The molecule has 1 aromatic carbocycles. The van der Waals surface area contributed by atoms with Gasteiger partial charge in [-0.3, -0.25) is 0 Å². The molecule has 0 aliphatic carbocycles. The molecule has 0 atom stereocenters. The number of benzene rings is 1. The van der Waals surface area contributed by atoms with Gasteiger partial charge in [-0.25, -0.2) is 4.98 Å². The zero-order valence-corrected chi connectivity index (χ0v) is 12.2. The summed E-state index contributed by atoms with van der Waals surface area (Å²) < 4.78 is 5.52. The topological polar surface area (TPSA) is 38.1 Å².